The molecule has 6 nitrogen and oxygen atoms in total. The van der Waals surface area contributed by atoms with Crippen molar-refractivity contribution in [2.45, 2.75) is 26.8 Å². The van der Waals surface area contributed by atoms with Gasteiger partial charge in [0.05, 0.1) is 5.56 Å². The van der Waals surface area contributed by atoms with E-state index in [1.165, 1.54) is 16.9 Å². The molecule has 2 N–H and O–H groups in total. The van der Waals surface area contributed by atoms with E-state index < -0.39 is 11.9 Å². The van der Waals surface area contributed by atoms with Crippen LogP contribution in [0.5, 0.6) is 0 Å². The van der Waals surface area contributed by atoms with E-state index in [0.29, 0.717) is 18.9 Å². The first-order valence-electron chi connectivity index (χ1n) is 6.78. The monoisotopic (exact) mass is 292 g/mol. The Bertz CT molecular complexity index is 654. The first kappa shape index (κ1) is 15.0. The number of rotatable bonds is 6. The molecule has 112 valence electrons. The third-order valence-corrected chi connectivity index (χ3v) is 2.98. The number of nitrogens with one attached hydrogen (secondary N) is 1. The summed E-state index contributed by atoms with van der Waals surface area (Å²) in [6.07, 6.45) is 2.29. The number of anilines is 1. The zero-order chi connectivity index (χ0) is 15.4. The fourth-order valence-electron chi connectivity index (χ4n) is 1.90. The van der Waals surface area contributed by atoms with Crippen molar-refractivity contribution in [3.8, 4) is 11.3 Å². The summed E-state index contributed by atoms with van der Waals surface area (Å²) in [6.45, 7) is 5.02. The molecule has 7 heteroatoms. The second-order valence-electron chi connectivity index (χ2n) is 4.51. The highest BCUT2D eigenvalue weighted by molar-refractivity contribution is 5.94. The van der Waals surface area contributed by atoms with Crippen LogP contribution in [0.3, 0.4) is 0 Å². The molecule has 0 spiro atoms. The molecule has 0 aliphatic carbocycles. The van der Waals surface area contributed by atoms with Crippen molar-refractivity contribution in [1.29, 1.82) is 0 Å². The van der Waals surface area contributed by atoms with Crippen molar-refractivity contribution in [3.63, 3.8) is 0 Å². The molecule has 2 aromatic rings. The van der Waals surface area contributed by atoms with Crippen molar-refractivity contribution in [2.75, 3.05) is 11.9 Å². The minimum Gasteiger partial charge on any atom is -0.478 e. The predicted octanol–water partition coefficient (Wildman–Crippen LogP) is 2.62. The number of pyridine rings is 1. The first-order chi connectivity index (χ1) is 10.1. The van der Waals surface area contributed by atoms with E-state index in [1.807, 2.05) is 13.8 Å². The van der Waals surface area contributed by atoms with Crippen LogP contribution in [0.15, 0.2) is 18.3 Å². The van der Waals surface area contributed by atoms with E-state index in [-0.39, 0.29) is 16.8 Å². The normalized spacial score (nSPS) is 10.6. The summed E-state index contributed by atoms with van der Waals surface area (Å²) in [4.78, 5) is 15.0. The second-order valence-corrected chi connectivity index (χ2v) is 4.51. The lowest BCUT2D eigenvalue weighted by molar-refractivity contribution is 0.0697. The van der Waals surface area contributed by atoms with Crippen LogP contribution in [-0.4, -0.2) is 32.4 Å². The van der Waals surface area contributed by atoms with Gasteiger partial charge in [-0.3, -0.25) is 4.68 Å². The third kappa shape index (κ3) is 3.18. The topological polar surface area (TPSA) is 80.0 Å². The minimum absolute atomic E-state index is 0.0354. The first-order valence-corrected chi connectivity index (χ1v) is 6.78. The molecule has 0 radical (unpaired) electrons. The van der Waals surface area contributed by atoms with Gasteiger partial charge in [0.25, 0.3) is 0 Å². The maximum Gasteiger partial charge on any atom is 0.339 e. The Hall–Kier alpha value is -2.44. The van der Waals surface area contributed by atoms with Crippen LogP contribution in [-0.2, 0) is 6.54 Å². The molecule has 0 saturated heterocycles. The molecule has 2 rings (SSSR count). The summed E-state index contributed by atoms with van der Waals surface area (Å²) in [5, 5.41) is 16.3. The van der Waals surface area contributed by atoms with Gasteiger partial charge >= 0.3 is 5.97 Å². The molecule has 0 bridgehead atoms. The molecule has 2 aromatic heterocycles. The number of nitrogens with zero attached hydrogens (tertiary/aromatic N) is 3. The quantitative estimate of drug-likeness (QED) is 0.800. The molecule has 0 atom stereocenters. The number of hydrogen-bond donors (Lipinski definition) is 2. The molecular formula is C14H17FN4O2. The van der Waals surface area contributed by atoms with Crippen molar-refractivity contribution < 1.29 is 14.3 Å². The van der Waals surface area contributed by atoms with Crippen LogP contribution in [0.2, 0.25) is 0 Å². The number of hydrogen-bond acceptors (Lipinski definition) is 4. The zero-order valence-electron chi connectivity index (χ0n) is 11.9. The minimum atomic E-state index is -1.14. The predicted molar refractivity (Wildman–Crippen MR) is 76.8 cm³/mol. The summed E-state index contributed by atoms with van der Waals surface area (Å²) in [7, 11) is 0. The summed E-state index contributed by atoms with van der Waals surface area (Å²) in [5.41, 5.74) is 0.143. The molecule has 2 heterocycles. The third-order valence-electron chi connectivity index (χ3n) is 2.98. The Morgan fingerprint density at radius 2 is 2.19 bits per heavy atom. The summed E-state index contributed by atoms with van der Waals surface area (Å²) in [5.74, 6) is -1.46. The van der Waals surface area contributed by atoms with Crippen molar-refractivity contribution >= 4 is 11.8 Å². The Morgan fingerprint density at radius 1 is 1.43 bits per heavy atom. The van der Waals surface area contributed by atoms with E-state index in [9.17, 15) is 14.3 Å². The highest BCUT2D eigenvalue weighted by Crippen LogP contribution is 2.25. The fourth-order valence-corrected chi connectivity index (χ4v) is 1.90. The van der Waals surface area contributed by atoms with Gasteiger partial charge < -0.3 is 10.4 Å². The Labute approximate surface area is 121 Å². The summed E-state index contributed by atoms with van der Waals surface area (Å²) in [6, 6.07) is 3.11. The summed E-state index contributed by atoms with van der Waals surface area (Å²) < 4.78 is 15.6. The molecule has 0 fully saturated rings. The van der Waals surface area contributed by atoms with Crippen molar-refractivity contribution in [1.82, 2.24) is 14.8 Å². The van der Waals surface area contributed by atoms with Crippen LogP contribution in [0.25, 0.3) is 11.3 Å². The van der Waals surface area contributed by atoms with Gasteiger partial charge in [0.2, 0.25) is 5.95 Å². The molecular weight excluding hydrogens is 275 g/mol. The summed E-state index contributed by atoms with van der Waals surface area (Å²) >= 11 is 0. The van der Waals surface area contributed by atoms with Gasteiger partial charge in [-0.25, -0.2) is 9.78 Å². The SMILES string of the molecule is CCCNc1ccc(-c2nn(CC)cc2C(=O)O)c(F)n1. The van der Waals surface area contributed by atoms with Crippen molar-refractivity contribution in [2.24, 2.45) is 0 Å². The second kappa shape index (κ2) is 6.34. The Morgan fingerprint density at radius 3 is 2.76 bits per heavy atom. The smallest absolute Gasteiger partial charge is 0.339 e. The van der Waals surface area contributed by atoms with Crippen LogP contribution in [0.4, 0.5) is 10.2 Å². The molecule has 0 aliphatic heterocycles. The lowest BCUT2D eigenvalue weighted by Crippen LogP contribution is -2.04. The lowest BCUT2D eigenvalue weighted by atomic mass is 10.1. The highest BCUT2D eigenvalue weighted by Gasteiger charge is 2.20. The van der Waals surface area contributed by atoms with Crippen molar-refractivity contribution in [3.05, 3.63) is 29.8 Å². The largest absolute Gasteiger partial charge is 0.478 e. The fraction of sp³-hybridized carbons (Fsp3) is 0.357. The number of halogens is 1. The van der Waals surface area contributed by atoms with E-state index in [2.05, 4.69) is 15.4 Å². The van der Waals surface area contributed by atoms with E-state index in [4.69, 9.17) is 0 Å². The molecule has 0 aromatic carbocycles. The average molecular weight is 292 g/mol. The molecule has 21 heavy (non-hydrogen) atoms. The Kier molecular flexibility index (Phi) is 4.52. The molecule has 0 unspecified atom stereocenters. The molecule has 0 amide bonds. The maximum atomic E-state index is 14.1. The number of aromatic nitrogens is 3. The Balaban J connectivity index is 2.42. The number of aryl methyl sites for hydroxylation is 1. The van der Waals surface area contributed by atoms with Gasteiger partial charge in [-0.2, -0.15) is 9.49 Å². The van der Waals surface area contributed by atoms with Gasteiger partial charge in [0.15, 0.2) is 0 Å². The van der Waals surface area contributed by atoms with Gasteiger partial charge in [-0.05, 0) is 25.5 Å². The van der Waals surface area contributed by atoms with Crippen LogP contribution >= 0.6 is 0 Å². The lowest BCUT2D eigenvalue weighted by Gasteiger charge is -2.06. The standard InChI is InChI=1S/C14H17FN4O2/c1-3-7-16-11-6-5-9(13(15)17-11)12-10(14(20)21)8-19(4-2)18-12/h5-6,8H,3-4,7H2,1-2H3,(H,16,17)(H,20,21). The van der Waals surface area contributed by atoms with E-state index in [1.54, 1.807) is 6.07 Å². The number of carbonyl (C=O) groups is 1. The van der Waals surface area contributed by atoms with Gasteiger partial charge in [-0.1, -0.05) is 6.92 Å². The average Bonchev–Trinajstić information content (AvgIpc) is 2.89. The number of carboxylic acid groups (broad SMARTS) is 1. The van der Waals surface area contributed by atoms with Crippen LogP contribution in [0, 0.1) is 5.95 Å². The highest BCUT2D eigenvalue weighted by atomic mass is 19.1. The molecule has 0 aliphatic rings. The van der Waals surface area contributed by atoms with Crippen LogP contribution < -0.4 is 5.32 Å². The van der Waals surface area contributed by atoms with Gasteiger partial charge in [0, 0.05) is 19.3 Å². The zero-order valence-corrected chi connectivity index (χ0v) is 11.9. The number of aromatic carboxylic acids is 1. The maximum absolute atomic E-state index is 14.1. The number of carboxylic acids is 1. The van der Waals surface area contributed by atoms with Gasteiger partial charge in [-0.15, -0.1) is 0 Å². The van der Waals surface area contributed by atoms with E-state index >= 15 is 0 Å². The van der Waals surface area contributed by atoms with Gasteiger partial charge in [0.1, 0.15) is 17.1 Å². The van der Waals surface area contributed by atoms with E-state index in [0.717, 1.165) is 6.42 Å². The van der Waals surface area contributed by atoms with Crippen LogP contribution in [0.1, 0.15) is 30.6 Å². The molecule has 0 saturated carbocycles.